The quantitative estimate of drug-likeness (QED) is 0.832. The second kappa shape index (κ2) is 8.63. The summed E-state index contributed by atoms with van der Waals surface area (Å²) in [5, 5.41) is 13.0. The van der Waals surface area contributed by atoms with Crippen molar-refractivity contribution in [3.8, 4) is 5.75 Å². The Morgan fingerprint density at radius 2 is 1.96 bits per heavy atom. The zero-order valence-corrected chi connectivity index (χ0v) is 15.9. The summed E-state index contributed by atoms with van der Waals surface area (Å²) >= 11 is 0. The second-order valence-corrected chi connectivity index (χ2v) is 7.22. The van der Waals surface area contributed by atoms with Crippen LogP contribution in [0.5, 0.6) is 5.75 Å². The van der Waals surface area contributed by atoms with E-state index in [1.165, 1.54) is 0 Å². The summed E-state index contributed by atoms with van der Waals surface area (Å²) in [6, 6.07) is 13.5. The van der Waals surface area contributed by atoms with Crippen molar-refractivity contribution in [3.05, 3.63) is 53.6 Å². The van der Waals surface area contributed by atoms with Gasteiger partial charge in [0.05, 0.1) is 19.3 Å². The minimum absolute atomic E-state index is 0.0578. The van der Waals surface area contributed by atoms with Crippen LogP contribution in [0.15, 0.2) is 42.5 Å². The molecule has 2 aliphatic rings. The highest BCUT2D eigenvalue weighted by atomic mass is 16.5. The number of carbonyl (C=O) groups excluding carboxylic acids is 1. The number of morpholine rings is 1. The maximum absolute atomic E-state index is 12.3. The molecule has 0 unspecified atom stereocenters. The fourth-order valence-corrected chi connectivity index (χ4v) is 3.84. The maximum Gasteiger partial charge on any atom is 0.262 e. The van der Waals surface area contributed by atoms with Crippen LogP contribution in [0.25, 0.3) is 0 Å². The summed E-state index contributed by atoms with van der Waals surface area (Å²) in [5.74, 6) is 0.488. The van der Waals surface area contributed by atoms with E-state index in [-0.39, 0.29) is 12.5 Å². The smallest absolute Gasteiger partial charge is 0.262 e. The van der Waals surface area contributed by atoms with E-state index in [1.807, 2.05) is 42.5 Å². The van der Waals surface area contributed by atoms with E-state index in [2.05, 4.69) is 10.2 Å². The van der Waals surface area contributed by atoms with Crippen LogP contribution in [-0.4, -0.2) is 43.9 Å². The zero-order valence-electron chi connectivity index (χ0n) is 15.9. The van der Waals surface area contributed by atoms with Crippen molar-refractivity contribution in [2.75, 3.05) is 43.1 Å². The van der Waals surface area contributed by atoms with Gasteiger partial charge < -0.3 is 24.8 Å². The molecule has 0 saturated carbocycles. The minimum atomic E-state index is -0.439. The van der Waals surface area contributed by atoms with Crippen molar-refractivity contribution < 1.29 is 19.4 Å². The third-order valence-electron chi connectivity index (χ3n) is 5.32. The molecule has 28 heavy (non-hydrogen) atoms. The highest BCUT2D eigenvalue weighted by Crippen LogP contribution is 2.35. The normalized spacial score (nSPS) is 19.0. The predicted molar refractivity (Wildman–Crippen MR) is 108 cm³/mol. The molecule has 1 heterocycles. The van der Waals surface area contributed by atoms with Crippen molar-refractivity contribution in [1.82, 2.24) is 0 Å². The van der Waals surface area contributed by atoms with E-state index in [9.17, 15) is 9.90 Å². The molecule has 1 amide bonds. The first-order valence-electron chi connectivity index (χ1n) is 9.86. The molecule has 0 spiro atoms. The molecule has 1 aliphatic carbocycles. The maximum atomic E-state index is 12.3. The molecular formula is C22H26N2O4. The number of fused-ring (bicyclic) bond motifs is 1. The van der Waals surface area contributed by atoms with Gasteiger partial charge in [-0.15, -0.1) is 0 Å². The van der Waals surface area contributed by atoms with Gasteiger partial charge in [-0.2, -0.15) is 0 Å². The van der Waals surface area contributed by atoms with Gasteiger partial charge in [-0.1, -0.05) is 12.1 Å². The molecular weight excluding hydrogens is 356 g/mol. The third kappa shape index (κ3) is 4.29. The number of rotatable bonds is 5. The van der Waals surface area contributed by atoms with Gasteiger partial charge in [0.2, 0.25) is 0 Å². The number of carbonyl (C=O) groups is 1. The summed E-state index contributed by atoms with van der Waals surface area (Å²) in [7, 11) is 0. The molecule has 1 fully saturated rings. The lowest BCUT2D eigenvalue weighted by atomic mass is 9.89. The van der Waals surface area contributed by atoms with Crippen molar-refractivity contribution in [2.45, 2.75) is 25.4 Å². The lowest BCUT2D eigenvalue weighted by molar-refractivity contribution is -0.118. The van der Waals surface area contributed by atoms with Crippen molar-refractivity contribution in [1.29, 1.82) is 0 Å². The van der Waals surface area contributed by atoms with Crippen LogP contribution in [-0.2, 0) is 16.0 Å². The van der Waals surface area contributed by atoms with Gasteiger partial charge in [-0.05, 0) is 60.7 Å². The van der Waals surface area contributed by atoms with E-state index in [4.69, 9.17) is 9.47 Å². The molecule has 1 aliphatic heterocycles. The highest BCUT2D eigenvalue weighted by molar-refractivity contribution is 5.92. The highest BCUT2D eigenvalue weighted by Gasteiger charge is 2.21. The first kappa shape index (κ1) is 18.8. The Kier molecular flexibility index (Phi) is 5.78. The summed E-state index contributed by atoms with van der Waals surface area (Å²) in [5.41, 5.74) is 3.81. The Morgan fingerprint density at radius 1 is 1.18 bits per heavy atom. The van der Waals surface area contributed by atoms with E-state index < -0.39 is 6.10 Å². The van der Waals surface area contributed by atoms with Gasteiger partial charge in [0, 0.05) is 24.5 Å². The number of ether oxygens (including phenoxy) is 2. The Bertz CT molecular complexity index is 816. The third-order valence-corrected chi connectivity index (χ3v) is 5.32. The molecule has 0 aromatic heterocycles. The fraction of sp³-hybridized carbons (Fsp3) is 0.409. The summed E-state index contributed by atoms with van der Waals surface area (Å²) in [6.45, 7) is 3.20. The molecule has 1 saturated heterocycles. The monoisotopic (exact) mass is 382 g/mol. The predicted octanol–water partition coefficient (Wildman–Crippen LogP) is 2.91. The number of anilines is 2. The number of nitrogens with zero attached hydrogens (tertiary/aromatic N) is 1. The number of hydrogen-bond acceptors (Lipinski definition) is 5. The van der Waals surface area contributed by atoms with Crippen molar-refractivity contribution >= 4 is 17.3 Å². The molecule has 4 rings (SSSR count). The lowest BCUT2D eigenvalue weighted by Crippen LogP contribution is -2.36. The van der Waals surface area contributed by atoms with Crippen LogP contribution in [0.2, 0.25) is 0 Å². The van der Waals surface area contributed by atoms with Crippen LogP contribution >= 0.6 is 0 Å². The lowest BCUT2D eigenvalue weighted by Gasteiger charge is -2.28. The minimum Gasteiger partial charge on any atom is -0.483 e. The summed E-state index contributed by atoms with van der Waals surface area (Å²) in [4.78, 5) is 14.6. The zero-order chi connectivity index (χ0) is 19.3. The molecule has 0 radical (unpaired) electrons. The number of hydrogen-bond donors (Lipinski definition) is 2. The van der Waals surface area contributed by atoms with Crippen molar-refractivity contribution in [2.24, 2.45) is 0 Å². The van der Waals surface area contributed by atoms with Gasteiger partial charge in [0.1, 0.15) is 5.75 Å². The van der Waals surface area contributed by atoms with Gasteiger partial charge >= 0.3 is 0 Å². The Balaban J connectivity index is 1.33. The second-order valence-electron chi connectivity index (χ2n) is 7.22. The van der Waals surface area contributed by atoms with Gasteiger partial charge in [-0.3, -0.25) is 4.79 Å². The molecule has 2 N–H and O–H groups in total. The van der Waals surface area contributed by atoms with Crippen LogP contribution in [0.1, 0.15) is 30.1 Å². The molecule has 6 nitrogen and oxygen atoms in total. The van der Waals surface area contributed by atoms with Crippen LogP contribution in [0.4, 0.5) is 11.4 Å². The average molecular weight is 382 g/mol. The van der Waals surface area contributed by atoms with E-state index in [0.717, 1.165) is 68.1 Å². The molecule has 2 aromatic carbocycles. The van der Waals surface area contributed by atoms with Crippen LogP contribution in [0, 0.1) is 0 Å². The number of aliphatic hydroxyl groups is 1. The molecule has 0 bridgehead atoms. The van der Waals surface area contributed by atoms with Crippen molar-refractivity contribution in [3.63, 3.8) is 0 Å². The average Bonchev–Trinajstić information content (AvgIpc) is 2.74. The van der Waals surface area contributed by atoms with Gasteiger partial charge in [0.15, 0.2) is 6.61 Å². The van der Waals surface area contributed by atoms with Gasteiger partial charge in [0.25, 0.3) is 5.91 Å². The largest absolute Gasteiger partial charge is 0.483 e. The van der Waals surface area contributed by atoms with Crippen LogP contribution < -0.4 is 15.0 Å². The SMILES string of the molecule is O=C(COc1cccc2c1CCC[C@@H]2O)Nc1ccc(N2CCOCC2)cc1. The van der Waals surface area contributed by atoms with Crippen LogP contribution in [0.3, 0.4) is 0 Å². The van der Waals surface area contributed by atoms with E-state index >= 15 is 0 Å². The van der Waals surface area contributed by atoms with E-state index in [0.29, 0.717) is 5.75 Å². The van der Waals surface area contributed by atoms with Gasteiger partial charge in [-0.25, -0.2) is 0 Å². The number of benzene rings is 2. The molecule has 6 heteroatoms. The number of aliphatic hydroxyl groups excluding tert-OH is 1. The Labute approximate surface area is 165 Å². The number of amides is 1. The first-order valence-corrected chi connectivity index (χ1v) is 9.86. The molecule has 1 atom stereocenters. The molecule has 2 aromatic rings. The summed E-state index contributed by atoms with van der Waals surface area (Å²) < 4.78 is 11.1. The number of nitrogens with one attached hydrogen (secondary N) is 1. The topological polar surface area (TPSA) is 71.0 Å². The fourth-order valence-electron chi connectivity index (χ4n) is 3.84. The Hall–Kier alpha value is -2.57. The first-order chi connectivity index (χ1) is 13.7. The standard InChI is InChI=1S/C22H26N2O4/c25-20-5-1-4-19-18(20)3-2-6-21(19)28-15-22(26)23-16-7-9-17(10-8-16)24-11-13-27-14-12-24/h2-3,6-10,20,25H,1,4-5,11-15H2,(H,23,26)/t20-/m0/s1. The van der Waals surface area contributed by atoms with E-state index in [1.54, 1.807) is 0 Å². The Morgan fingerprint density at radius 3 is 2.75 bits per heavy atom. The summed E-state index contributed by atoms with van der Waals surface area (Å²) in [6.07, 6.45) is 2.13. The molecule has 148 valence electrons.